The summed E-state index contributed by atoms with van der Waals surface area (Å²) in [6.45, 7) is 0. The number of hydrogen-bond donors (Lipinski definition) is 1. The number of methoxy groups -OCH3 is 1. The molecule has 1 N–H and O–H groups in total. The monoisotopic (exact) mass is 348 g/mol. The van der Waals surface area contributed by atoms with Crippen molar-refractivity contribution in [3.63, 3.8) is 0 Å². The molecule has 6 aliphatic carbocycles. The highest BCUT2D eigenvalue weighted by Crippen LogP contribution is 2.62. The maximum Gasteiger partial charge on any atom is 0.312 e. The Bertz CT molecular complexity index is 496. The molecule has 25 heavy (non-hydrogen) atoms. The molecular weight excluding hydrogens is 316 g/mol. The Morgan fingerprint density at radius 3 is 1.60 bits per heavy atom. The number of esters is 1. The predicted octanol–water partition coefficient (Wildman–Crippen LogP) is 4.27. The van der Waals surface area contributed by atoms with Gasteiger partial charge in [-0.15, -0.1) is 0 Å². The number of carbonyl (C=O) groups is 2. The van der Waals surface area contributed by atoms with Gasteiger partial charge in [-0.2, -0.15) is 0 Å². The van der Waals surface area contributed by atoms with E-state index in [4.69, 9.17) is 4.74 Å². The van der Waals surface area contributed by atoms with Crippen LogP contribution >= 0.6 is 0 Å². The summed E-state index contributed by atoms with van der Waals surface area (Å²) < 4.78 is 5.34. The van der Waals surface area contributed by atoms with E-state index < -0.39 is 11.4 Å². The maximum atomic E-state index is 13.2. The molecule has 0 aromatic heterocycles. The highest BCUT2D eigenvalue weighted by molar-refractivity contribution is 5.83. The lowest BCUT2D eigenvalue weighted by atomic mass is 9.46. The average Bonchev–Trinajstić information content (AvgIpc) is 2.67. The van der Waals surface area contributed by atoms with Crippen molar-refractivity contribution in [1.82, 2.24) is 0 Å². The van der Waals surface area contributed by atoms with Crippen molar-refractivity contribution in [2.24, 2.45) is 40.9 Å². The molecule has 0 amide bonds. The number of ether oxygens (including phenoxy) is 1. The number of rotatable bonds is 5. The van der Waals surface area contributed by atoms with Gasteiger partial charge in [-0.1, -0.05) is 25.7 Å². The van der Waals surface area contributed by atoms with Gasteiger partial charge in [0, 0.05) is 0 Å². The van der Waals surface area contributed by atoms with Crippen LogP contribution in [0.15, 0.2) is 0 Å². The van der Waals surface area contributed by atoms with E-state index in [9.17, 15) is 14.7 Å². The van der Waals surface area contributed by atoms with Gasteiger partial charge in [0.15, 0.2) is 0 Å². The van der Waals surface area contributed by atoms with E-state index in [1.807, 2.05) is 0 Å². The van der Waals surface area contributed by atoms with E-state index >= 15 is 0 Å². The first-order chi connectivity index (χ1) is 12.0. The molecule has 6 aliphatic rings. The van der Waals surface area contributed by atoms with E-state index in [1.54, 1.807) is 0 Å². The molecule has 0 aromatic carbocycles. The molecular formula is C21H32O4. The normalized spacial score (nSPS) is 42.0. The Labute approximate surface area is 150 Å². The first kappa shape index (κ1) is 17.4. The summed E-state index contributed by atoms with van der Waals surface area (Å²) >= 11 is 0. The van der Waals surface area contributed by atoms with Crippen molar-refractivity contribution in [3.05, 3.63) is 0 Å². The first-order valence-corrected chi connectivity index (χ1v) is 10.3. The first-order valence-electron chi connectivity index (χ1n) is 10.3. The number of carboxylic acids is 1. The van der Waals surface area contributed by atoms with E-state index in [1.165, 1.54) is 58.5 Å². The number of fused-ring (bicyclic) bond motifs is 6. The van der Waals surface area contributed by atoms with E-state index in [0.29, 0.717) is 23.7 Å². The van der Waals surface area contributed by atoms with Crippen molar-refractivity contribution < 1.29 is 19.4 Å². The SMILES string of the molecule is COC(=O)C(CC(=O)O)(C1CC2CCC1CC2)C1CC2CCC1CC2. The van der Waals surface area contributed by atoms with Gasteiger partial charge in [-0.25, -0.2) is 0 Å². The lowest BCUT2D eigenvalue weighted by molar-refractivity contribution is -0.183. The summed E-state index contributed by atoms with van der Waals surface area (Å²) in [5.74, 6) is 1.80. The van der Waals surface area contributed by atoms with Gasteiger partial charge in [0.2, 0.25) is 0 Å². The minimum Gasteiger partial charge on any atom is -0.481 e. The molecule has 0 saturated heterocycles. The van der Waals surface area contributed by atoms with Crippen LogP contribution in [-0.2, 0) is 14.3 Å². The number of hydrogen-bond acceptors (Lipinski definition) is 3. The van der Waals surface area contributed by atoms with Gasteiger partial charge >= 0.3 is 11.9 Å². The van der Waals surface area contributed by atoms with Crippen LogP contribution < -0.4 is 0 Å². The van der Waals surface area contributed by atoms with Crippen LogP contribution in [0.2, 0.25) is 0 Å². The summed E-state index contributed by atoms with van der Waals surface area (Å²) in [4.78, 5) is 25.2. The number of aliphatic carboxylic acids is 1. The zero-order chi connectivity index (χ0) is 17.6. The fraction of sp³-hybridized carbons (Fsp3) is 0.905. The largest absolute Gasteiger partial charge is 0.481 e. The molecule has 2 atom stereocenters. The van der Waals surface area contributed by atoms with Crippen LogP contribution in [0.25, 0.3) is 0 Å². The quantitative estimate of drug-likeness (QED) is 0.754. The van der Waals surface area contributed by atoms with Crippen molar-refractivity contribution in [2.75, 3.05) is 7.11 Å². The summed E-state index contributed by atoms with van der Waals surface area (Å²) in [5, 5.41) is 9.79. The van der Waals surface area contributed by atoms with E-state index in [-0.39, 0.29) is 24.2 Å². The predicted molar refractivity (Wildman–Crippen MR) is 93.8 cm³/mol. The van der Waals surface area contributed by atoms with Gasteiger partial charge in [0.05, 0.1) is 18.9 Å². The lowest BCUT2D eigenvalue weighted by Crippen LogP contribution is -2.56. The van der Waals surface area contributed by atoms with Crippen molar-refractivity contribution in [1.29, 1.82) is 0 Å². The summed E-state index contributed by atoms with van der Waals surface area (Å²) in [6, 6.07) is 0. The molecule has 0 heterocycles. The van der Waals surface area contributed by atoms with Crippen LogP contribution in [0, 0.1) is 40.9 Å². The number of carboxylic acid groups (broad SMARTS) is 1. The van der Waals surface area contributed by atoms with Crippen LogP contribution in [0.4, 0.5) is 0 Å². The standard InChI is InChI=1S/C21H32O4/c1-25-20(24)21(12-19(22)23,17-10-13-2-6-15(17)7-3-13)18-11-14-4-8-16(18)9-5-14/h13-18H,2-12H2,1H3,(H,22,23). The van der Waals surface area contributed by atoms with E-state index in [2.05, 4.69) is 0 Å². The Hall–Kier alpha value is -1.06. The fourth-order valence-electron chi connectivity index (χ4n) is 7.37. The van der Waals surface area contributed by atoms with Crippen LogP contribution in [0.3, 0.4) is 0 Å². The third-order valence-corrected chi connectivity index (χ3v) is 8.43. The Morgan fingerprint density at radius 2 is 1.32 bits per heavy atom. The molecule has 6 saturated carbocycles. The minimum absolute atomic E-state index is 0.0263. The van der Waals surface area contributed by atoms with Crippen molar-refractivity contribution in [2.45, 2.75) is 70.6 Å². The minimum atomic E-state index is -0.826. The smallest absolute Gasteiger partial charge is 0.312 e. The average molecular weight is 348 g/mol. The highest BCUT2D eigenvalue weighted by atomic mass is 16.5. The summed E-state index contributed by atoms with van der Waals surface area (Å²) in [5.41, 5.74) is -0.784. The molecule has 4 heteroatoms. The second kappa shape index (κ2) is 6.59. The maximum absolute atomic E-state index is 13.2. The molecule has 140 valence electrons. The third-order valence-electron chi connectivity index (χ3n) is 8.43. The van der Waals surface area contributed by atoms with Gasteiger partial charge < -0.3 is 9.84 Å². The second-order valence-corrected chi connectivity index (χ2v) is 9.35. The lowest BCUT2D eigenvalue weighted by Gasteiger charge is -2.57. The molecule has 6 fully saturated rings. The van der Waals surface area contributed by atoms with Crippen LogP contribution in [0.1, 0.15) is 70.6 Å². The molecule has 0 spiro atoms. The van der Waals surface area contributed by atoms with Crippen LogP contribution in [0.5, 0.6) is 0 Å². The van der Waals surface area contributed by atoms with Gasteiger partial charge in [0.25, 0.3) is 0 Å². The summed E-state index contributed by atoms with van der Waals surface area (Å²) in [6.07, 6.45) is 11.8. The van der Waals surface area contributed by atoms with Gasteiger partial charge in [0.1, 0.15) is 0 Å². The van der Waals surface area contributed by atoms with E-state index in [0.717, 1.165) is 12.8 Å². The highest BCUT2D eigenvalue weighted by Gasteiger charge is 2.61. The third kappa shape index (κ3) is 2.80. The Morgan fingerprint density at radius 1 is 0.880 bits per heavy atom. The zero-order valence-corrected chi connectivity index (χ0v) is 15.4. The molecule has 0 aliphatic heterocycles. The van der Waals surface area contributed by atoms with Gasteiger partial charge in [-0.3, -0.25) is 9.59 Å². The molecule has 0 aromatic rings. The molecule has 6 rings (SSSR count). The molecule has 0 radical (unpaired) electrons. The van der Waals surface area contributed by atoms with Crippen molar-refractivity contribution in [3.8, 4) is 0 Å². The second-order valence-electron chi connectivity index (χ2n) is 9.35. The molecule has 4 bridgehead atoms. The van der Waals surface area contributed by atoms with Crippen molar-refractivity contribution >= 4 is 11.9 Å². The summed E-state index contributed by atoms with van der Waals surface area (Å²) in [7, 11) is 1.46. The molecule has 4 nitrogen and oxygen atoms in total. The topological polar surface area (TPSA) is 63.6 Å². The molecule has 2 unspecified atom stereocenters. The zero-order valence-electron chi connectivity index (χ0n) is 15.4. The number of carbonyl (C=O) groups excluding carboxylic acids is 1. The Kier molecular flexibility index (Phi) is 4.57. The Balaban J connectivity index is 1.75. The van der Waals surface area contributed by atoms with Gasteiger partial charge in [-0.05, 0) is 74.0 Å². The van der Waals surface area contributed by atoms with Crippen LogP contribution in [-0.4, -0.2) is 24.2 Å². The fourth-order valence-corrected chi connectivity index (χ4v) is 7.37.